The number of carbonyl (C=O) groups is 2. The molecule has 0 radical (unpaired) electrons. The van der Waals surface area contributed by atoms with Crippen LogP contribution in [0.25, 0.3) is 11.0 Å². The van der Waals surface area contributed by atoms with Crippen LogP contribution in [0.1, 0.15) is 18.1 Å². The van der Waals surface area contributed by atoms with Gasteiger partial charge in [0.05, 0.1) is 12.7 Å². The number of benzene rings is 2. The third kappa shape index (κ3) is 4.63. The molecule has 27 heavy (non-hydrogen) atoms. The second kappa shape index (κ2) is 7.90. The van der Waals surface area contributed by atoms with Gasteiger partial charge in [-0.3, -0.25) is 9.59 Å². The normalized spacial score (nSPS) is 11.9. The van der Waals surface area contributed by atoms with E-state index in [0.717, 1.165) is 5.56 Å². The van der Waals surface area contributed by atoms with E-state index in [1.54, 1.807) is 18.2 Å². The highest BCUT2D eigenvalue weighted by molar-refractivity contribution is 5.88. The van der Waals surface area contributed by atoms with E-state index in [-0.39, 0.29) is 24.5 Å². The Labute approximate surface area is 154 Å². The van der Waals surface area contributed by atoms with Gasteiger partial charge in [0.1, 0.15) is 17.1 Å². The average molecular weight is 371 g/mol. The molecule has 140 valence electrons. The first-order chi connectivity index (χ1) is 12.9. The molecule has 1 aromatic heterocycles. The smallest absolute Gasteiger partial charge is 0.311 e. The Hall–Kier alpha value is -3.35. The number of hydrogen-bond donors (Lipinski definition) is 2. The van der Waals surface area contributed by atoms with Gasteiger partial charge in [-0.25, -0.2) is 4.39 Å². The Morgan fingerprint density at radius 2 is 1.96 bits per heavy atom. The summed E-state index contributed by atoms with van der Waals surface area (Å²) in [4.78, 5) is 24.2. The van der Waals surface area contributed by atoms with Crippen molar-refractivity contribution >= 4 is 22.8 Å². The maximum Gasteiger partial charge on any atom is 0.311 e. The Morgan fingerprint density at radius 3 is 2.70 bits per heavy atom. The molecule has 1 amide bonds. The number of nitrogens with one attached hydrogen (secondary N) is 1. The van der Waals surface area contributed by atoms with E-state index < -0.39 is 18.0 Å². The fourth-order valence-electron chi connectivity index (χ4n) is 2.59. The van der Waals surface area contributed by atoms with Crippen molar-refractivity contribution in [2.75, 3.05) is 0 Å². The number of ether oxygens (including phenoxy) is 1. The number of carbonyl (C=O) groups excluding carboxylic acids is 2. The lowest BCUT2D eigenvalue weighted by molar-refractivity contribution is -0.154. The summed E-state index contributed by atoms with van der Waals surface area (Å²) >= 11 is 0. The van der Waals surface area contributed by atoms with E-state index in [9.17, 15) is 19.1 Å². The molecule has 0 bridgehead atoms. The van der Waals surface area contributed by atoms with Crippen molar-refractivity contribution in [1.82, 2.24) is 5.32 Å². The fourth-order valence-corrected chi connectivity index (χ4v) is 2.59. The molecule has 3 rings (SSSR count). The molecule has 0 unspecified atom stereocenters. The number of phenolic OH excluding ortho intramolecular Hbond substituents is 1. The van der Waals surface area contributed by atoms with Crippen LogP contribution >= 0.6 is 0 Å². The van der Waals surface area contributed by atoms with Gasteiger partial charge in [0.15, 0.2) is 6.10 Å². The molecule has 0 aliphatic carbocycles. The van der Waals surface area contributed by atoms with Gasteiger partial charge in [-0.1, -0.05) is 12.1 Å². The fraction of sp³-hybridized carbons (Fsp3) is 0.200. The van der Waals surface area contributed by atoms with Crippen LogP contribution in [0.3, 0.4) is 0 Å². The largest absolute Gasteiger partial charge is 0.508 e. The first-order valence-electron chi connectivity index (χ1n) is 8.33. The van der Waals surface area contributed by atoms with Crippen molar-refractivity contribution in [3.05, 3.63) is 65.7 Å². The predicted octanol–water partition coefficient (Wildman–Crippen LogP) is 3.07. The summed E-state index contributed by atoms with van der Waals surface area (Å²) in [5, 5.41) is 12.8. The molecule has 0 aliphatic rings. The summed E-state index contributed by atoms with van der Waals surface area (Å²) in [7, 11) is 0. The van der Waals surface area contributed by atoms with Crippen molar-refractivity contribution in [3.8, 4) is 5.75 Å². The zero-order valence-corrected chi connectivity index (χ0v) is 14.6. The van der Waals surface area contributed by atoms with Crippen molar-refractivity contribution in [2.24, 2.45) is 0 Å². The summed E-state index contributed by atoms with van der Waals surface area (Å²) in [5.74, 6) is -1.31. The van der Waals surface area contributed by atoms with Crippen LogP contribution < -0.4 is 5.32 Å². The number of hydrogen-bond acceptors (Lipinski definition) is 5. The highest BCUT2D eigenvalue weighted by Gasteiger charge is 2.19. The number of amides is 1. The number of halogens is 1. The van der Waals surface area contributed by atoms with Crippen molar-refractivity contribution in [1.29, 1.82) is 0 Å². The highest BCUT2D eigenvalue weighted by Crippen LogP contribution is 2.25. The Morgan fingerprint density at radius 1 is 1.22 bits per heavy atom. The number of aromatic hydroxyl groups is 1. The topological polar surface area (TPSA) is 88.8 Å². The number of furan rings is 1. The molecule has 0 spiro atoms. The third-order valence-corrected chi connectivity index (χ3v) is 4.03. The zero-order valence-electron chi connectivity index (χ0n) is 14.6. The maximum atomic E-state index is 12.9. The third-order valence-electron chi connectivity index (χ3n) is 4.03. The van der Waals surface area contributed by atoms with Gasteiger partial charge in [-0.05, 0) is 36.8 Å². The lowest BCUT2D eigenvalue weighted by atomic mass is 10.1. The quantitative estimate of drug-likeness (QED) is 0.650. The van der Waals surface area contributed by atoms with Gasteiger partial charge in [-0.15, -0.1) is 0 Å². The number of phenols is 1. The molecule has 3 aromatic rings. The van der Waals surface area contributed by atoms with Crippen molar-refractivity contribution < 1.29 is 28.2 Å². The van der Waals surface area contributed by atoms with Gasteiger partial charge >= 0.3 is 5.97 Å². The molecule has 0 aliphatic heterocycles. The highest BCUT2D eigenvalue weighted by atomic mass is 19.1. The summed E-state index contributed by atoms with van der Waals surface area (Å²) in [5.41, 5.74) is 1.80. The zero-order chi connectivity index (χ0) is 19.4. The second-order valence-electron chi connectivity index (χ2n) is 6.09. The molecule has 0 fully saturated rings. The van der Waals surface area contributed by atoms with Crippen LogP contribution in [0.4, 0.5) is 4.39 Å². The summed E-state index contributed by atoms with van der Waals surface area (Å²) in [6, 6.07) is 10.3. The minimum absolute atomic E-state index is 0.0621. The molecule has 6 nitrogen and oxygen atoms in total. The monoisotopic (exact) mass is 371 g/mol. The van der Waals surface area contributed by atoms with Crippen LogP contribution in [0, 0.1) is 5.82 Å². The van der Waals surface area contributed by atoms with Crippen molar-refractivity contribution in [2.45, 2.75) is 26.0 Å². The number of fused-ring (bicyclic) bond motifs is 1. The summed E-state index contributed by atoms with van der Waals surface area (Å²) in [6.45, 7) is 1.68. The molecule has 7 heteroatoms. The second-order valence-corrected chi connectivity index (χ2v) is 6.09. The Bertz CT molecular complexity index is 964. The van der Waals surface area contributed by atoms with Gasteiger partial charge in [-0.2, -0.15) is 0 Å². The van der Waals surface area contributed by atoms with Crippen LogP contribution in [-0.2, 0) is 27.3 Å². The van der Waals surface area contributed by atoms with E-state index in [4.69, 9.17) is 9.15 Å². The van der Waals surface area contributed by atoms with Crippen LogP contribution in [-0.4, -0.2) is 23.1 Å². The first-order valence-corrected chi connectivity index (χ1v) is 8.33. The lowest BCUT2D eigenvalue weighted by Crippen LogP contribution is -2.35. The lowest BCUT2D eigenvalue weighted by Gasteiger charge is -2.13. The molecule has 1 heterocycles. The van der Waals surface area contributed by atoms with E-state index in [1.807, 2.05) is 0 Å². The minimum Gasteiger partial charge on any atom is -0.508 e. The summed E-state index contributed by atoms with van der Waals surface area (Å²) in [6.07, 6.45) is 0.387. The molecular formula is C20H18FNO5. The SMILES string of the molecule is C[C@H](OC(=O)Cc1coc2cc(O)ccc12)C(=O)NCc1ccc(F)cc1. The first kappa shape index (κ1) is 18.4. The Kier molecular flexibility index (Phi) is 5.40. The summed E-state index contributed by atoms with van der Waals surface area (Å²) < 4.78 is 23.3. The van der Waals surface area contributed by atoms with Gasteiger partial charge in [0, 0.05) is 23.6 Å². The van der Waals surface area contributed by atoms with E-state index in [0.29, 0.717) is 16.5 Å². The van der Waals surface area contributed by atoms with Gasteiger partial charge in [0.25, 0.3) is 5.91 Å². The van der Waals surface area contributed by atoms with E-state index >= 15 is 0 Å². The molecule has 0 saturated carbocycles. The van der Waals surface area contributed by atoms with E-state index in [2.05, 4.69) is 5.32 Å². The number of esters is 1. The molecular weight excluding hydrogens is 353 g/mol. The molecule has 2 N–H and O–H groups in total. The minimum atomic E-state index is -0.972. The molecule has 1 atom stereocenters. The Balaban J connectivity index is 1.53. The predicted molar refractivity (Wildman–Crippen MR) is 95.4 cm³/mol. The standard InChI is InChI=1S/C20H18FNO5/c1-12(20(25)22-10-13-2-4-15(21)5-3-13)27-19(24)8-14-11-26-18-9-16(23)6-7-17(14)18/h2-7,9,11-12,23H,8,10H2,1H3,(H,22,25)/t12-/m0/s1. The molecule has 0 saturated heterocycles. The molecule has 2 aromatic carbocycles. The van der Waals surface area contributed by atoms with Crippen LogP contribution in [0.15, 0.2) is 53.1 Å². The van der Waals surface area contributed by atoms with Gasteiger partial charge in [0.2, 0.25) is 0 Å². The van der Waals surface area contributed by atoms with Crippen LogP contribution in [0.2, 0.25) is 0 Å². The number of rotatable bonds is 6. The van der Waals surface area contributed by atoms with Crippen LogP contribution in [0.5, 0.6) is 5.75 Å². The maximum absolute atomic E-state index is 12.9. The van der Waals surface area contributed by atoms with Gasteiger partial charge < -0.3 is 19.6 Å². The average Bonchev–Trinajstić information content (AvgIpc) is 3.02. The van der Waals surface area contributed by atoms with Crippen molar-refractivity contribution in [3.63, 3.8) is 0 Å². The van der Waals surface area contributed by atoms with E-state index in [1.165, 1.54) is 37.5 Å².